The van der Waals surface area contributed by atoms with Crippen molar-refractivity contribution in [2.75, 3.05) is 19.8 Å². The van der Waals surface area contributed by atoms with Crippen LogP contribution in [0, 0.1) is 22.7 Å². The largest absolute Gasteiger partial charge is 0.514 e. The third-order valence-electron chi connectivity index (χ3n) is 12.3. The summed E-state index contributed by atoms with van der Waals surface area (Å²) in [6.45, 7) is 5.89. The summed E-state index contributed by atoms with van der Waals surface area (Å²) >= 11 is 0. The Morgan fingerprint density at radius 2 is 1.71 bits per heavy atom. The molecule has 55 heavy (non-hydrogen) atoms. The predicted octanol–water partition coefficient (Wildman–Crippen LogP) is 4.78. The molecule has 0 aromatic heterocycles. The maximum absolute atomic E-state index is 17.7. The van der Waals surface area contributed by atoms with Crippen LogP contribution in [0.2, 0.25) is 0 Å². The van der Waals surface area contributed by atoms with E-state index in [1.165, 1.54) is 12.2 Å². The lowest BCUT2D eigenvalue weighted by Gasteiger charge is -2.62. The number of unbranched alkanes of at least 4 members (excludes halogenated alkanes) is 3. The van der Waals surface area contributed by atoms with Crippen LogP contribution < -0.4 is 4.74 Å². The molecule has 1 aliphatic heterocycles. The van der Waals surface area contributed by atoms with E-state index < -0.39 is 93.7 Å². The number of benzene rings is 1. The van der Waals surface area contributed by atoms with Crippen molar-refractivity contribution < 1.29 is 77.8 Å². The fraction of sp³-hybridized carbons (Fsp3) is 0.632. The number of ketones is 2. The number of ether oxygens (including phenoxy) is 5. The average molecular weight is 778 g/mol. The summed E-state index contributed by atoms with van der Waals surface area (Å²) in [4.78, 5) is 56.6. The molecule has 302 valence electrons. The van der Waals surface area contributed by atoms with E-state index in [0.717, 1.165) is 12.1 Å². The van der Waals surface area contributed by atoms with Crippen LogP contribution >= 0.6 is 0 Å². The van der Waals surface area contributed by atoms with Gasteiger partial charge in [-0.05, 0) is 95.9 Å². The van der Waals surface area contributed by atoms with Crippen LogP contribution in [0.25, 0.3) is 0 Å². The molecule has 2 unspecified atom stereocenters. The molecular weight excluding hydrogens is 729 g/mol. The zero-order valence-electron chi connectivity index (χ0n) is 31.1. The van der Waals surface area contributed by atoms with E-state index in [2.05, 4.69) is 4.84 Å². The van der Waals surface area contributed by atoms with Gasteiger partial charge in [0, 0.05) is 16.7 Å². The Kier molecular flexibility index (Phi) is 11.0. The molecule has 1 saturated heterocycles. The lowest BCUT2D eigenvalue weighted by atomic mass is 9.44. The summed E-state index contributed by atoms with van der Waals surface area (Å²) in [6, 6.07) is 1.87. The molecule has 16 nitrogen and oxygen atoms in total. The number of nitrogens with zero attached hydrogens (tertiary/aromatic N) is 1. The Balaban J connectivity index is 1.13. The van der Waals surface area contributed by atoms with Crippen LogP contribution in [0.4, 0.5) is 9.18 Å². The molecule has 0 spiro atoms. The van der Waals surface area contributed by atoms with Crippen LogP contribution in [0.5, 0.6) is 17.2 Å². The van der Waals surface area contributed by atoms with E-state index >= 15 is 4.39 Å². The number of hydrogen-bond acceptors (Lipinski definition) is 16. The first-order valence-electron chi connectivity index (χ1n) is 18.4. The van der Waals surface area contributed by atoms with Gasteiger partial charge in [-0.2, -0.15) is 0 Å². The minimum Gasteiger partial charge on any atom is -0.504 e. The maximum atomic E-state index is 17.7. The highest BCUT2D eigenvalue weighted by molar-refractivity contribution is 6.01. The number of aliphatic hydroxyl groups is 1. The minimum atomic E-state index is -2.16. The van der Waals surface area contributed by atoms with Gasteiger partial charge in [-0.25, -0.2) is 14.0 Å². The molecule has 0 amide bonds. The molecule has 0 bridgehead atoms. The fourth-order valence-corrected chi connectivity index (χ4v) is 9.90. The van der Waals surface area contributed by atoms with Gasteiger partial charge in [-0.1, -0.05) is 25.0 Å². The summed E-state index contributed by atoms with van der Waals surface area (Å²) in [5.41, 5.74) is -6.00. The first-order valence-corrected chi connectivity index (χ1v) is 18.4. The highest BCUT2D eigenvalue weighted by Crippen LogP contribution is 2.72. The average Bonchev–Trinajstić information content (AvgIpc) is 3.52. The van der Waals surface area contributed by atoms with Gasteiger partial charge in [0.15, 0.2) is 40.9 Å². The van der Waals surface area contributed by atoms with Crippen molar-refractivity contribution in [1.82, 2.24) is 5.39 Å². The van der Waals surface area contributed by atoms with Crippen molar-refractivity contribution in [2.24, 2.45) is 22.7 Å². The van der Waals surface area contributed by atoms with Crippen LogP contribution in [0.3, 0.4) is 0 Å². The molecule has 0 radical (unpaired) electrons. The number of rotatable bonds is 13. The fourth-order valence-electron chi connectivity index (χ4n) is 9.90. The van der Waals surface area contributed by atoms with Crippen molar-refractivity contribution in [2.45, 2.75) is 108 Å². The maximum Gasteiger partial charge on any atom is 0.514 e. The summed E-state index contributed by atoms with van der Waals surface area (Å²) in [7, 11) is 0. The Hall–Kier alpha value is -3.97. The number of hydrogen-bond donors (Lipinski definition) is 5. The second kappa shape index (κ2) is 14.8. The number of phenolic OH excluding ortho intramolecular Hbond substituents is 2. The van der Waals surface area contributed by atoms with Gasteiger partial charge >= 0.3 is 12.1 Å². The highest BCUT2D eigenvalue weighted by Gasteiger charge is 2.80. The second-order valence-corrected chi connectivity index (χ2v) is 15.9. The van der Waals surface area contributed by atoms with E-state index in [4.69, 9.17) is 34.1 Å². The zero-order valence-corrected chi connectivity index (χ0v) is 31.1. The normalized spacial score (nSPS) is 34.3. The van der Waals surface area contributed by atoms with Gasteiger partial charge in [-0.3, -0.25) is 24.8 Å². The molecule has 4 aliphatic carbocycles. The number of carbonyl (C=O) groups excluding carboxylic acids is 4. The predicted molar refractivity (Wildman–Crippen MR) is 183 cm³/mol. The van der Waals surface area contributed by atoms with Gasteiger partial charge in [-0.15, -0.1) is 0 Å². The zero-order chi connectivity index (χ0) is 40.1. The van der Waals surface area contributed by atoms with Gasteiger partial charge in [0.1, 0.15) is 0 Å². The second-order valence-electron chi connectivity index (χ2n) is 15.9. The molecule has 4 fully saturated rings. The lowest BCUT2D eigenvalue weighted by Crippen LogP contribution is -2.70. The minimum absolute atomic E-state index is 0.00153. The number of fused-ring (bicyclic) bond motifs is 7. The van der Waals surface area contributed by atoms with E-state index in [1.54, 1.807) is 33.8 Å². The Morgan fingerprint density at radius 3 is 2.42 bits per heavy atom. The van der Waals surface area contributed by atoms with Crippen molar-refractivity contribution in [3.05, 3.63) is 41.5 Å². The number of esters is 1. The third kappa shape index (κ3) is 6.93. The molecule has 1 aromatic carbocycles. The van der Waals surface area contributed by atoms with Crippen LogP contribution in [0.15, 0.2) is 35.9 Å². The Labute approximate surface area is 316 Å². The van der Waals surface area contributed by atoms with Crippen molar-refractivity contribution >= 4 is 23.7 Å². The van der Waals surface area contributed by atoms with Crippen LogP contribution in [0.1, 0.15) is 89.4 Å². The summed E-state index contributed by atoms with van der Waals surface area (Å²) in [5.74, 6) is -6.68. The Morgan fingerprint density at radius 1 is 1.00 bits per heavy atom. The van der Waals surface area contributed by atoms with Gasteiger partial charge in [0.2, 0.25) is 11.5 Å². The van der Waals surface area contributed by atoms with Gasteiger partial charge in [0.05, 0.1) is 36.4 Å². The molecule has 1 aromatic rings. The molecule has 5 N–H and O–H groups in total. The number of aromatic hydroxyl groups is 2. The highest BCUT2D eigenvalue weighted by atomic mass is 19.1. The smallest absolute Gasteiger partial charge is 0.504 e. The molecule has 17 heteroatoms. The Bertz CT molecular complexity index is 1780. The number of allylic oxidation sites excluding steroid dienone is 4. The molecule has 1 heterocycles. The molecular formula is C38H48FNO15. The van der Waals surface area contributed by atoms with E-state index in [9.17, 15) is 34.5 Å². The number of halogens is 1. The number of aliphatic hydroxyl groups excluding tert-OH is 1. The van der Waals surface area contributed by atoms with E-state index in [-0.39, 0.29) is 42.8 Å². The van der Waals surface area contributed by atoms with Crippen molar-refractivity contribution in [3.8, 4) is 17.2 Å². The number of phenols is 2. The van der Waals surface area contributed by atoms with E-state index in [1.807, 2.05) is 0 Å². The van der Waals surface area contributed by atoms with Crippen LogP contribution in [-0.4, -0.2) is 104 Å². The molecule has 3 saturated carbocycles. The number of carbonyl (C=O) groups is 4. The third-order valence-corrected chi connectivity index (χ3v) is 12.3. The lowest BCUT2D eigenvalue weighted by molar-refractivity contribution is -0.492. The van der Waals surface area contributed by atoms with Crippen LogP contribution in [-0.2, 0) is 33.4 Å². The monoisotopic (exact) mass is 777 g/mol. The van der Waals surface area contributed by atoms with Crippen molar-refractivity contribution in [1.29, 1.82) is 0 Å². The molecule has 8 atom stereocenters. The molecule has 6 rings (SSSR count). The summed E-state index contributed by atoms with van der Waals surface area (Å²) < 4.78 is 45.9. The molecule has 5 aliphatic rings. The SMILES string of the molecule is CC1(C)O[C@@H]2CC3C4CCC5=CC(=O)C=C[C@]5(C)[C@@]4(F)[C@@H](O)C[C@]3(C)[C@]2(C(=O)COC(=O)Oc2cc(C(=O)OCCCCCCON(O)O)cc(O)c2O)O1. The number of Topliss-reactive ketones (excluding diaryl/α,β-unsaturated/α-hetero) is 1. The van der Waals surface area contributed by atoms with E-state index in [0.29, 0.717) is 44.1 Å². The van der Waals surface area contributed by atoms with Crippen molar-refractivity contribution in [3.63, 3.8) is 0 Å². The standard InChI is InChI=1S/C38H48FNO15/c1-34(2)54-30-18-25-24-10-9-22-17-23(41)11-12-35(22,3)37(24,39)28(43)19-36(25,4)38(30,55-34)29(44)20-51-33(47)53-27-16-21(15-26(42)31(27)45)32(46)50-13-7-5-6-8-14-52-40(48)49/h11-12,15-17,24-25,28,30,42-43,45,48-49H,5-10,13-14,18-20H2,1-4H3/t24?,25?,28-,30+,35-,36-,37-,38+/m0/s1. The summed E-state index contributed by atoms with van der Waals surface area (Å²) in [5, 5.41) is 49.1. The topological polar surface area (TPSA) is 228 Å². The first-order chi connectivity index (χ1) is 25.8. The van der Waals surface area contributed by atoms with Gasteiger partial charge < -0.3 is 39.0 Å². The summed E-state index contributed by atoms with van der Waals surface area (Å²) in [6.07, 6.45) is 3.41. The quantitative estimate of drug-likeness (QED) is 0.0597. The first kappa shape index (κ1) is 40.7. The van der Waals surface area contributed by atoms with Gasteiger partial charge in [0.25, 0.3) is 0 Å². The number of alkyl halides is 1.